The Balaban J connectivity index is 2.83. The summed E-state index contributed by atoms with van der Waals surface area (Å²) in [6, 6.07) is -0.194. The van der Waals surface area contributed by atoms with Crippen LogP contribution >= 0.6 is 0 Å². The van der Waals surface area contributed by atoms with Gasteiger partial charge in [-0.1, -0.05) is 0 Å². The van der Waals surface area contributed by atoms with Crippen LogP contribution in [0, 0.1) is 0 Å². The predicted molar refractivity (Wildman–Crippen MR) is 55.6 cm³/mol. The summed E-state index contributed by atoms with van der Waals surface area (Å²) in [5.74, 6) is 0. The monoisotopic (exact) mass is 238 g/mol. The number of ether oxygens (including phenoxy) is 1. The Morgan fingerprint density at radius 1 is 1.53 bits per heavy atom. The zero-order valence-electron chi connectivity index (χ0n) is 9.25. The second kappa shape index (κ2) is 4.75. The SMILES string of the molecule is CC1COC(CO)CN1S(=O)(=O)N(C)C. The van der Waals surface area contributed by atoms with Crippen LogP contribution in [-0.4, -0.2) is 68.1 Å². The lowest BCUT2D eigenvalue weighted by Crippen LogP contribution is -2.54. The maximum atomic E-state index is 11.9. The van der Waals surface area contributed by atoms with E-state index >= 15 is 0 Å². The first-order valence-electron chi connectivity index (χ1n) is 4.81. The second-order valence-corrected chi connectivity index (χ2v) is 5.94. The first kappa shape index (κ1) is 12.9. The van der Waals surface area contributed by atoms with Crippen molar-refractivity contribution in [2.75, 3.05) is 33.9 Å². The smallest absolute Gasteiger partial charge is 0.281 e. The van der Waals surface area contributed by atoms with Crippen LogP contribution in [0.1, 0.15) is 6.92 Å². The molecule has 0 aliphatic carbocycles. The van der Waals surface area contributed by atoms with Crippen molar-refractivity contribution in [2.24, 2.45) is 0 Å². The molecule has 0 aromatic heterocycles. The molecule has 1 aliphatic rings. The van der Waals surface area contributed by atoms with Crippen LogP contribution in [0.25, 0.3) is 0 Å². The maximum absolute atomic E-state index is 11.9. The van der Waals surface area contributed by atoms with E-state index in [2.05, 4.69) is 0 Å². The molecule has 1 rings (SSSR count). The molecule has 0 spiro atoms. The molecule has 0 radical (unpaired) electrons. The number of aliphatic hydroxyl groups excluding tert-OH is 1. The number of hydrogen-bond acceptors (Lipinski definition) is 4. The molecular weight excluding hydrogens is 220 g/mol. The predicted octanol–water partition coefficient (Wildman–Crippen LogP) is -1.13. The molecule has 1 aliphatic heterocycles. The summed E-state index contributed by atoms with van der Waals surface area (Å²) in [7, 11) is -0.434. The fourth-order valence-electron chi connectivity index (χ4n) is 1.43. The van der Waals surface area contributed by atoms with Crippen LogP contribution in [0.4, 0.5) is 0 Å². The fraction of sp³-hybridized carbons (Fsp3) is 1.00. The molecule has 0 amide bonds. The minimum absolute atomic E-state index is 0.161. The van der Waals surface area contributed by atoms with E-state index in [4.69, 9.17) is 9.84 Å². The quantitative estimate of drug-likeness (QED) is 0.676. The highest BCUT2D eigenvalue weighted by Crippen LogP contribution is 2.17. The van der Waals surface area contributed by atoms with Crippen molar-refractivity contribution in [3.63, 3.8) is 0 Å². The largest absolute Gasteiger partial charge is 0.394 e. The minimum atomic E-state index is -3.42. The van der Waals surface area contributed by atoms with Gasteiger partial charge in [0.1, 0.15) is 0 Å². The number of rotatable bonds is 3. The fourth-order valence-corrected chi connectivity index (χ4v) is 2.72. The third-order valence-electron chi connectivity index (χ3n) is 2.41. The summed E-state index contributed by atoms with van der Waals surface area (Å²) in [6.45, 7) is 2.15. The summed E-state index contributed by atoms with van der Waals surface area (Å²) in [5, 5.41) is 8.94. The Bertz CT molecular complexity index is 304. The van der Waals surface area contributed by atoms with Crippen molar-refractivity contribution < 1.29 is 18.3 Å². The van der Waals surface area contributed by atoms with E-state index in [-0.39, 0.29) is 19.2 Å². The first-order chi connectivity index (χ1) is 6.89. The normalized spacial score (nSPS) is 29.7. The van der Waals surface area contributed by atoms with Gasteiger partial charge in [-0.3, -0.25) is 0 Å². The zero-order chi connectivity index (χ0) is 11.6. The van der Waals surface area contributed by atoms with E-state index in [1.807, 2.05) is 0 Å². The second-order valence-electron chi connectivity index (χ2n) is 3.85. The Labute approximate surface area is 90.6 Å². The molecule has 7 heteroatoms. The van der Waals surface area contributed by atoms with E-state index < -0.39 is 16.3 Å². The van der Waals surface area contributed by atoms with Gasteiger partial charge < -0.3 is 9.84 Å². The maximum Gasteiger partial charge on any atom is 0.281 e. The molecular formula is C8H18N2O4S. The number of nitrogens with zero attached hydrogens (tertiary/aromatic N) is 2. The first-order valence-corrected chi connectivity index (χ1v) is 6.21. The van der Waals surface area contributed by atoms with Crippen molar-refractivity contribution in [3.8, 4) is 0 Å². The zero-order valence-corrected chi connectivity index (χ0v) is 10.1. The van der Waals surface area contributed by atoms with Crippen LogP contribution in [0.2, 0.25) is 0 Å². The van der Waals surface area contributed by atoms with Crippen LogP contribution in [0.15, 0.2) is 0 Å². The van der Waals surface area contributed by atoms with E-state index in [9.17, 15) is 8.42 Å². The number of hydrogen-bond donors (Lipinski definition) is 1. The van der Waals surface area contributed by atoms with Gasteiger partial charge in [-0.2, -0.15) is 17.0 Å². The molecule has 15 heavy (non-hydrogen) atoms. The van der Waals surface area contributed by atoms with Gasteiger partial charge in [0.2, 0.25) is 0 Å². The lowest BCUT2D eigenvalue weighted by atomic mass is 10.2. The molecule has 2 unspecified atom stereocenters. The van der Waals surface area contributed by atoms with Gasteiger partial charge in [-0.05, 0) is 6.92 Å². The van der Waals surface area contributed by atoms with Gasteiger partial charge in [0.25, 0.3) is 10.2 Å². The molecule has 6 nitrogen and oxygen atoms in total. The molecule has 1 saturated heterocycles. The molecule has 2 atom stereocenters. The average Bonchev–Trinajstić information content (AvgIpc) is 2.18. The van der Waals surface area contributed by atoms with Crippen molar-refractivity contribution in [1.82, 2.24) is 8.61 Å². The molecule has 0 aromatic carbocycles. The van der Waals surface area contributed by atoms with Gasteiger partial charge >= 0.3 is 0 Å². The van der Waals surface area contributed by atoms with Gasteiger partial charge in [0.05, 0.1) is 19.3 Å². The lowest BCUT2D eigenvalue weighted by Gasteiger charge is -2.37. The summed E-state index contributed by atoms with van der Waals surface area (Å²) < 4.78 is 31.5. The average molecular weight is 238 g/mol. The van der Waals surface area contributed by atoms with E-state index in [1.54, 1.807) is 6.92 Å². The Kier molecular flexibility index (Phi) is 4.07. The molecule has 1 N–H and O–H groups in total. The highest BCUT2D eigenvalue weighted by Gasteiger charge is 2.35. The molecule has 0 bridgehead atoms. The molecule has 0 aromatic rings. The van der Waals surface area contributed by atoms with Crippen molar-refractivity contribution in [3.05, 3.63) is 0 Å². The van der Waals surface area contributed by atoms with E-state index in [1.165, 1.54) is 22.7 Å². The van der Waals surface area contributed by atoms with Crippen LogP contribution in [0.3, 0.4) is 0 Å². The van der Waals surface area contributed by atoms with Gasteiger partial charge in [-0.15, -0.1) is 0 Å². The summed E-state index contributed by atoms with van der Waals surface area (Å²) in [4.78, 5) is 0. The van der Waals surface area contributed by atoms with Crippen LogP contribution in [-0.2, 0) is 14.9 Å². The Hall–Kier alpha value is -0.210. The highest BCUT2D eigenvalue weighted by atomic mass is 32.2. The van der Waals surface area contributed by atoms with Crippen LogP contribution < -0.4 is 0 Å². The molecule has 0 saturated carbocycles. The van der Waals surface area contributed by atoms with Gasteiger partial charge in [0.15, 0.2) is 0 Å². The molecule has 1 fully saturated rings. The van der Waals surface area contributed by atoms with Crippen molar-refractivity contribution in [1.29, 1.82) is 0 Å². The molecule has 90 valence electrons. The van der Waals surface area contributed by atoms with Gasteiger partial charge in [0, 0.05) is 26.7 Å². The highest BCUT2D eigenvalue weighted by molar-refractivity contribution is 7.86. The summed E-state index contributed by atoms with van der Waals surface area (Å²) >= 11 is 0. The Morgan fingerprint density at radius 2 is 2.13 bits per heavy atom. The van der Waals surface area contributed by atoms with Crippen molar-refractivity contribution >= 4 is 10.2 Å². The minimum Gasteiger partial charge on any atom is -0.394 e. The van der Waals surface area contributed by atoms with Gasteiger partial charge in [-0.25, -0.2) is 0 Å². The third kappa shape index (κ3) is 2.67. The van der Waals surface area contributed by atoms with E-state index in [0.717, 1.165) is 0 Å². The van der Waals surface area contributed by atoms with Crippen molar-refractivity contribution in [2.45, 2.75) is 19.1 Å². The molecule has 1 heterocycles. The number of aliphatic hydroxyl groups is 1. The lowest BCUT2D eigenvalue weighted by molar-refractivity contribution is -0.0527. The van der Waals surface area contributed by atoms with E-state index in [0.29, 0.717) is 6.61 Å². The topological polar surface area (TPSA) is 70.1 Å². The summed E-state index contributed by atoms with van der Waals surface area (Å²) in [6.07, 6.45) is -0.420. The standard InChI is InChI=1S/C8H18N2O4S/c1-7-6-14-8(5-11)4-10(7)15(12,13)9(2)3/h7-8,11H,4-6H2,1-3H3. The Morgan fingerprint density at radius 3 is 2.60 bits per heavy atom. The number of morpholine rings is 1. The third-order valence-corrected chi connectivity index (χ3v) is 4.43. The summed E-state index contributed by atoms with van der Waals surface area (Å²) in [5.41, 5.74) is 0. The van der Waals surface area contributed by atoms with Crippen LogP contribution in [0.5, 0.6) is 0 Å².